The lowest BCUT2D eigenvalue weighted by Crippen LogP contribution is -2.32. The van der Waals surface area contributed by atoms with Gasteiger partial charge in [0.25, 0.3) is 5.91 Å². The molecule has 1 amide bonds. The molecular formula is C19H18N2O2S. The lowest BCUT2D eigenvalue weighted by Gasteiger charge is -2.13. The van der Waals surface area contributed by atoms with Gasteiger partial charge in [-0.3, -0.25) is 4.79 Å². The smallest absolute Gasteiger partial charge is 0.252 e. The van der Waals surface area contributed by atoms with E-state index in [4.69, 9.17) is 4.74 Å². The fraction of sp³-hybridized carbons (Fsp3) is 0.263. The lowest BCUT2D eigenvalue weighted by molar-refractivity contribution is 0.0855. The summed E-state index contributed by atoms with van der Waals surface area (Å²) in [5, 5.41) is 12.2. The van der Waals surface area contributed by atoms with Crippen LogP contribution in [0.15, 0.2) is 58.3 Å². The molecule has 1 N–H and O–H groups in total. The van der Waals surface area contributed by atoms with Crippen molar-refractivity contribution < 1.29 is 9.53 Å². The molecule has 1 atom stereocenters. The molecular weight excluding hydrogens is 320 g/mol. The Labute approximate surface area is 145 Å². The van der Waals surface area contributed by atoms with Crippen LogP contribution in [0.1, 0.15) is 28.8 Å². The number of carbonyl (C=O) groups is 1. The number of hydrogen-bond donors (Lipinski definition) is 1. The number of amides is 1. The topological polar surface area (TPSA) is 62.1 Å². The Balaban J connectivity index is 1.75. The number of nitrogens with one attached hydrogen (secondary N) is 1. The van der Waals surface area contributed by atoms with Crippen LogP contribution < -0.4 is 5.32 Å². The fourth-order valence-corrected chi connectivity index (χ4v) is 3.64. The molecule has 1 heterocycles. The van der Waals surface area contributed by atoms with Crippen LogP contribution in [-0.4, -0.2) is 25.2 Å². The monoisotopic (exact) mass is 338 g/mol. The van der Waals surface area contributed by atoms with Gasteiger partial charge in [0.05, 0.1) is 17.2 Å². The number of rotatable bonds is 5. The summed E-state index contributed by atoms with van der Waals surface area (Å²) in [7, 11) is 0. The number of benzene rings is 2. The second kappa shape index (κ2) is 8.00. The summed E-state index contributed by atoms with van der Waals surface area (Å²) in [6.07, 6.45) is 2.16. The SMILES string of the molecule is N#Cc1ccccc1Sc1ccccc1C(=O)NCC1CCCO1. The summed E-state index contributed by atoms with van der Waals surface area (Å²) < 4.78 is 5.54. The molecule has 4 nitrogen and oxygen atoms in total. The van der Waals surface area contributed by atoms with Crippen LogP contribution in [0.5, 0.6) is 0 Å². The van der Waals surface area contributed by atoms with Gasteiger partial charge in [-0.15, -0.1) is 0 Å². The molecule has 1 saturated heterocycles. The van der Waals surface area contributed by atoms with Crippen molar-refractivity contribution in [1.29, 1.82) is 5.26 Å². The van der Waals surface area contributed by atoms with Gasteiger partial charge in [-0.25, -0.2) is 0 Å². The average molecular weight is 338 g/mol. The van der Waals surface area contributed by atoms with Gasteiger partial charge in [-0.2, -0.15) is 5.26 Å². The number of nitrogens with zero attached hydrogens (tertiary/aromatic N) is 1. The zero-order valence-corrected chi connectivity index (χ0v) is 14.0. The minimum Gasteiger partial charge on any atom is -0.376 e. The second-order valence-corrected chi connectivity index (χ2v) is 6.64. The number of carbonyl (C=O) groups excluding carboxylic acids is 1. The van der Waals surface area contributed by atoms with Gasteiger partial charge in [-0.1, -0.05) is 36.0 Å². The molecule has 2 aromatic carbocycles. The molecule has 24 heavy (non-hydrogen) atoms. The van der Waals surface area contributed by atoms with Crippen molar-refractivity contribution in [1.82, 2.24) is 5.32 Å². The molecule has 122 valence electrons. The van der Waals surface area contributed by atoms with Crippen LogP contribution in [0, 0.1) is 11.3 Å². The highest BCUT2D eigenvalue weighted by atomic mass is 32.2. The lowest BCUT2D eigenvalue weighted by atomic mass is 10.2. The minimum absolute atomic E-state index is 0.108. The highest BCUT2D eigenvalue weighted by Crippen LogP contribution is 2.32. The Hall–Kier alpha value is -2.29. The summed E-state index contributed by atoms with van der Waals surface area (Å²) >= 11 is 1.44. The predicted molar refractivity (Wildman–Crippen MR) is 93.0 cm³/mol. The minimum atomic E-state index is -0.108. The maximum Gasteiger partial charge on any atom is 0.252 e. The summed E-state index contributed by atoms with van der Waals surface area (Å²) in [6, 6.07) is 17.0. The first-order chi connectivity index (χ1) is 11.8. The van der Waals surface area contributed by atoms with Crippen molar-refractivity contribution in [2.75, 3.05) is 13.2 Å². The Morgan fingerprint density at radius 1 is 1.21 bits per heavy atom. The molecule has 0 bridgehead atoms. The third kappa shape index (κ3) is 3.97. The average Bonchev–Trinajstić information content (AvgIpc) is 3.14. The molecule has 5 heteroatoms. The van der Waals surface area contributed by atoms with E-state index in [0.29, 0.717) is 17.7 Å². The van der Waals surface area contributed by atoms with E-state index in [1.54, 1.807) is 6.07 Å². The molecule has 1 aliphatic rings. The molecule has 0 saturated carbocycles. The van der Waals surface area contributed by atoms with E-state index < -0.39 is 0 Å². The van der Waals surface area contributed by atoms with Gasteiger partial charge in [0.1, 0.15) is 6.07 Å². The van der Waals surface area contributed by atoms with Crippen LogP contribution in [0.4, 0.5) is 0 Å². The summed E-state index contributed by atoms with van der Waals surface area (Å²) in [5.74, 6) is -0.108. The Bertz CT molecular complexity index is 764. The van der Waals surface area contributed by atoms with E-state index in [-0.39, 0.29) is 12.0 Å². The molecule has 3 rings (SSSR count). The Morgan fingerprint density at radius 3 is 2.71 bits per heavy atom. The Kier molecular flexibility index (Phi) is 5.52. The van der Waals surface area contributed by atoms with Gasteiger partial charge in [0.15, 0.2) is 0 Å². The van der Waals surface area contributed by atoms with Gasteiger partial charge < -0.3 is 10.1 Å². The third-order valence-corrected chi connectivity index (χ3v) is 5.03. The zero-order valence-electron chi connectivity index (χ0n) is 13.2. The molecule has 0 radical (unpaired) electrons. The van der Waals surface area contributed by atoms with E-state index in [1.165, 1.54) is 11.8 Å². The van der Waals surface area contributed by atoms with E-state index in [1.807, 2.05) is 42.5 Å². The zero-order chi connectivity index (χ0) is 16.8. The van der Waals surface area contributed by atoms with Crippen LogP contribution in [0.25, 0.3) is 0 Å². The maximum atomic E-state index is 12.5. The predicted octanol–water partition coefficient (Wildman–Crippen LogP) is 3.62. The maximum absolute atomic E-state index is 12.5. The number of hydrogen-bond acceptors (Lipinski definition) is 4. The van der Waals surface area contributed by atoms with Crippen LogP contribution >= 0.6 is 11.8 Å². The van der Waals surface area contributed by atoms with Crippen molar-refractivity contribution in [3.63, 3.8) is 0 Å². The van der Waals surface area contributed by atoms with Gasteiger partial charge in [0.2, 0.25) is 0 Å². The van der Waals surface area contributed by atoms with Gasteiger partial charge >= 0.3 is 0 Å². The first-order valence-electron chi connectivity index (χ1n) is 7.94. The van der Waals surface area contributed by atoms with Crippen molar-refractivity contribution in [2.45, 2.75) is 28.7 Å². The molecule has 2 aromatic rings. The molecule has 1 fully saturated rings. The molecule has 1 aliphatic heterocycles. The molecule has 0 aliphatic carbocycles. The quantitative estimate of drug-likeness (QED) is 0.904. The van der Waals surface area contributed by atoms with Gasteiger partial charge in [0, 0.05) is 22.9 Å². The number of ether oxygens (including phenoxy) is 1. The summed E-state index contributed by atoms with van der Waals surface area (Å²) in [5.41, 5.74) is 1.23. The van der Waals surface area contributed by atoms with Crippen molar-refractivity contribution >= 4 is 17.7 Å². The van der Waals surface area contributed by atoms with Gasteiger partial charge in [-0.05, 0) is 37.1 Å². The van der Waals surface area contributed by atoms with Crippen molar-refractivity contribution in [2.24, 2.45) is 0 Å². The van der Waals surface area contributed by atoms with Crippen molar-refractivity contribution in [3.05, 3.63) is 59.7 Å². The third-order valence-electron chi connectivity index (χ3n) is 3.87. The second-order valence-electron chi connectivity index (χ2n) is 5.55. The van der Waals surface area contributed by atoms with E-state index in [9.17, 15) is 10.1 Å². The fourth-order valence-electron chi connectivity index (χ4n) is 2.62. The van der Waals surface area contributed by atoms with Crippen molar-refractivity contribution in [3.8, 4) is 6.07 Å². The number of nitriles is 1. The largest absolute Gasteiger partial charge is 0.376 e. The summed E-state index contributed by atoms with van der Waals surface area (Å²) in [6.45, 7) is 1.31. The Morgan fingerprint density at radius 2 is 1.96 bits per heavy atom. The standard InChI is InChI=1S/C19H18N2O2S/c20-12-14-6-1-3-9-17(14)24-18-10-4-2-8-16(18)19(22)21-13-15-7-5-11-23-15/h1-4,6,8-10,15H,5,7,11,13H2,(H,21,22). The molecule has 0 spiro atoms. The highest BCUT2D eigenvalue weighted by molar-refractivity contribution is 7.99. The van der Waals surface area contributed by atoms with Crippen LogP contribution in [0.3, 0.4) is 0 Å². The van der Waals surface area contributed by atoms with Crippen LogP contribution in [-0.2, 0) is 4.74 Å². The highest BCUT2D eigenvalue weighted by Gasteiger charge is 2.18. The summed E-state index contributed by atoms with van der Waals surface area (Å²) in [4.78, 5) is 14.2. The van der Waals surface area contributed by atoms with E-state index in [0.717, 1.165) is 29.2 Å². The first kappa shape index (κ1) is 16.6. The normalized spacial score (nSPS) is 16.5. The van der Waals surface area contributed by atoms with E-state index >= 15 is 0 Å². The first-order valence-corrected chi connectivity index (χ1v) is 8.75. The molecule has 0 aromatic heterocycles. The van der Waals surface area contributed by atoms with E-state index in [2.05, 4.69) is 11.4 Å². The molecule has 1 unspecified atom stereocenters. The van der Waals surface area contributed by atoms with Crippen LogP contribution in [0.2, 0.25) is 0 Å².